The van der Waals surface area contributed by atoms with Gasteiger partial charge in [0, 0.05) is 5.25 Å². The number of alkyl halides is 2. The van der Waals surface area contributed by atoms with E-state index in [1.165, 1.54) is 12.8 Å². The SMILES string of the molecule is N#Cc1c(OC(F)F)nsc1SC1CCCC1. The molecular weight excluding hydrogens is 266 g/mol. The van der Waals surface area contributed by atoms with Crippen LogP contribution in [0.4, 0.5) is 8.78 Å². The van der Waals surface area contributed by atoms with Gasteiger partial charge < -0.3 is 4.74 Å². The Morgan fingerprint density at radius 1 is 1.47 bits per heavy atom. The first-order valence-electron chi connectivity index (χ1n) is 5.22. The highest BCUT2D eigenvalue weighted by Crippen LogP contribution is 2.41. The largest absolute Gasteiger partial charge is 0.414 e. The second-order valence-electron chi connectivity index (χ2n) is 3.66. The second kappa shape index (κ2) is 5.65. The van der Waals surface area contributed by atoms with Crippen LogP contribution in [0.2, 0.25) is 0 Å². The van der Waals surface area contributed by atoms with Gasteiger partial charge in [0.2, 0.25) is 5.88 Å². The Morgan fingerprint density at radius 3 is 2.76 bits per heavy atom. The van der Waals surface area contributed by atoms with Crippen LogP contribution in [-0.4, -0.2) is 16.2 Å². The molecule has 1 aromatic heterocycles. The number of rotatable bonds is 4. The molecule has 3 nitrogen and oxygen atoms in total. The number of thioether (sulfide) groups is 1. The van der Waals surface area contributed by atoms with Crippen LogP contribution in [0.3, 0.4) is 0 Å². The maximum absolute atomic E-state index is 12.1. The first-order chi connectivity index (χ1) is 8.20. The molecule has 0 saturated heterocycles. The topological polar surface area (TPSA) is 45.9 Å². The molecule has 0 spiro atoms. The average Bonchev–Trinajstić information content (AvgIpc) is 2.89. The highest BCUT2D eigenvalue weighted by Gasteiger charge is 2.23. The number of aromatic nitrogens is 1. The van der Waals surface area contributed by atoms with Crippen molar-refractivity contribution in [2.24, 2.45) is 0 Å². The summed E-state index contributed by atoms with van der Waals surface area (Å²) >= 11 is 2.62. The van der Waals surface area contributed by atoms with Gasteiger partial charge >= 0.3 is 6.61 Å². The maximum Gasteiger partial charge on any atom is 0.388 e. The van der Waals surface area contributed by atoms with Gasteiger partial charge in [-0.3, -0.25) is 0 Å². The molecule has 1 aliphatic rings. The Hall–Kier alpha value is -0.870. The number of hydrogen-bond donors (Lipinski definition) is 0. The molecule has 17 heavy (non-hydrogen) atoms. The minimum Gasteiger partial charge on any atom is -0.414 e. The van der Waals surface area contributed by atoms with Gasteiger partial charge in [0.1, 0.15) is 15.8 Å². The molecule has 1 fully saturated rings. The molecule has 7 heteroatoms. The van der Waals surface area contributed by atoms with Crippen molar-refractivity contribution in [1.29, 1.82) is 5.26 Å². The molecular formula is C10H10F2N2OS2. The lowest BCUT2D eigenvalue weighted by Crippen LogP contribution is -2.03. The van der Waals surface area contributed by atoms with Gasteiger partial charge in [0.15, 0.2) is 0 Å². The molecule has 1 saturated carbocycles. The molecule has 92 valence electrons. The van der Waals surface area contributed by atoms with Gasteiger partial charge in [0.25, 0.3) is 0 Å². The van der Waals surface area contributed by atoms with Crippen molar-refractivity contribution >= 4 is 23.3 Å². The van der Waals surface area contributed by atoms with Gasteiger partial charge in [-0.15, -0.1) is 11.8 Å². The predicted molar refractivity (Wildman–Crippen MR) is 61.6 cm³/mol. The summed E-state index contributed by atoms with van der Waals surface area (Å²) in [6, 6.07) is 1.89. The Kier molecular flexibility index (Phi) is 4.18. The third-order valence-corrected chi connectivity index (χ3v) is 4.88. The first kappa shape index (κ1) is 12.6. The third-order valence-electron chi connectivity index (χ3n) is 2.52. The van der Waals surface area contributed by atoms with Gasteiger partial charge in [-0.1, -0.05) is 12.8 Å². The highest BCUT2D eigenvalue weighted by atomic mass is 32.2. The average molecular weight is 276 g/mol. The number of ether oxygens (including phenoxy) is 1. The molecule has 0 aromatic carbocycles. The summed E-state index contributed by atoms with van der Waals surface area (Å²) in [5, 5.41) is 9.43. The molecule has 1 aliphatic carbocycles. The molecule has 0 atom stereocenters. The number of halogens is 2. The number of nitriles is 1. The fourth-order valence-electron chi connectivity index (χ4n) is 1.76. The van der Waals surface area contributed by atoms with Crippen molar-refractivity contribution in [1.82, 2.24) is 4.37 Å². The van der Waals surface area contributed by atoms with E-state index < -0.39 is 6.61 Å². The number of nitrogens with zero attached hydrogens (tertiary/aromatic N) is 2. The van der Waals surface area contributed by atoms with Crippen LogP contribution < -0.4 is 4.74 Å². The predicted octanol–water partition coefficient (Wildman–Crippen LogP) is 3.65. The fourth-order valence-corrected chi connectivity index (χ4v) is 4.10. The van der Waals surface area contributed by atoms with E-state index in [9.17, 15) is 8.78 Å². The Morgan fingerprint density at radius 2 is 2.18 bits per heavy atom. The molecule has 0 bridgehead atoms. The van der Waals surface area contributed by atoms with Crippen LogP contribution in [0, 0.1) is 11.3 Å². The normalized spacial score (nSPS) is 16.4. The van der Waals surface area contributed by atoms with Crippen LogP contribution in [0.5, 0.6) is 5.88 Å². The van der Waals surface area contributed by atoms with Crippen molar-refractivity contribution in [2.45, 2.75) is 41.8 Å². The van der Waals surface area contributed by atoms with Crippen LogP contribution >= 0.6 is 23.3 Å². The van der Waals surface area contributed by atoms with Gasteiger partial charge in [-0.25, -0.2) is 0 Å². The lowest BCUT2D eigenvalue weighted by Gasteiger charge is -2.05. The van der Waals surface area contributed by atoms with Gasteiger partial charge in [-0.05, 0) is 24.4 Å². The minimum absolute atomic E-state index is 0.146. The van der Waals surface area contributed by atoms with Crippen molar-refractivity contribution in [3.05, 3.63) is 5.56 Å². The van der Waals surface area contributed by atoms with Crippen LogP contribution in [0.25, 0.3) is 0 Å². The third kappa shape index (κ3) is 3.07. The maximum atomic E-state index is 12.1. The quantitative estimate of drug-likeness (QED) is 0.842. The first-order valence-corrected chi connectivity index (χ1v) is 6.87. The smallest absolute Gasteiger partial charge is 0.388 e. The molecule has 1 aromatic rings. The van der Waals surface area contributed by atoms with Crippen molar-refractivity contribution in [2.75, 3.05) is 0 Å². The standard InChI is InChI=1S/C10H10F2N2OS2/c11-10(12)15-8-7(5-13)9(17-14-8)16-6-3-1-2-4-6/h6,10H,1-4H2. The van der Waals surface area contributed by atoms with Crippen LogP contribution in [0.1, 0.15) is 31.2 Å². The Balaban J connectivity index is 2.11. The minimum atomic E-state index is -2.94. The summed E-state index contributed by atoms with van der Waals surface area (Å²) in [7, 11) is 0. The van der Waals surface area contributed by atoms with Crippen molar-refractivity contribution in [3.8, 4) is 11.9 Å². The van der Waals surface area contributed by atoms with Gasteiger partial charge in [0.05, 0.1) is 0 Å². The summed E-state index contributed by atoms with van der Waals surface area (Å²) < 4.78 is 32.8. The molecule has 1 heterocycles. The van der Waals surface area contributed by atoms with E-state index in [0.29, 0.717) is 9.46 Å². The van der Waals surface area contributed by atoms with E-state index in [0.717, 1.165) is 24.4 Å². The highest BCUT2D eigenvalue weighted by molar-refractivity contribution is 8.01. The van der Waals surface area contributed by atoms with Crippen molar-refractivity contribution < 1.29 is 13.5 Å². The molecule has 2 rings (SSSR count). The van der Waals surface area contributed by atoms with E-state index in [-0.39, 0.29) is 11.4 Å². The lowest BCUT2D eigenvalue weighted by atomic mass is 10.4. The zero-order chi connectivity index (χ0) is 12.3. The zero-order valence-electron chi connectivity index (χ0n) is 8.86. The van der Waals surface area contributed by atoms with E-state index in [1.807, 2.05) is 6.07 Å². The number of hydrogen-bond acceptors (Lipinski definition) is 5. The molecule has 0 amide bonds. The van der Waals surface area contributed by atoms with E-state index in [2.05, 4.69) is 9.11 Å². The molecule has 0 N–H and O–H groups in total. The monoisotopic (exact) mass is 276 g/mol. The summed E-state index contributed by atoms with van der Waals surface area (Å²) in [4.78, 5) is 0. The van der Waals surface area contributed by atoms with E-state index >= 15 is 0 Å². The summed E-state index contributed by atoms with van der Waals surface area (Å²) in [6.45, 7) is -2.94. The summed E-state index contributed by atoms with van der Waals surface area (Å²) in [5.41, 5.74) is 0.146. The van der Waals surface area contributed by atoms with E-state index in [1.54, 1.807) is 11.8 Å². The molecule has 0 unspecified atom stereocenters. The van der Waals surface area contributed by atoms with Crippen LogP contribution in [0.15, 0.2) is 4.21 Å². The zero-order valence-corrected chi connectivity index (χ0v) is 10.5. The molecule has 0 aliphatic heterocycles. The van der Waals surface area contributed by atoms with Crippen molar-refractivity contribution in [3.63, 3.8) is 0 Å². The lowest BCUT2D eigenvalue weighted by molar-refractivity contribution is -0.0524. The van der Waals surface area contributed by atoms with Gasteiger partial charge in [-0.2, -0.15) is 18.4 Å². The fraction of sp³-hybridized carbons (Fsp3) is 0.600. The molecule has 0 radical (unpaired) electrons. The second-order valence-corrected chi connectivity index (χ2v) is 6.01. The Labute approximate surface area is 106 Å². The van der Waals surface area contributed by atoms with Crippen LogP contribution in [-0.2, 0) is 0 Å². The van der Waals surface area contributed by atoms with E-state index in [4.69, 9.17) is 5.26 Å². The Bertz CT molecular complexity index is 424. The summed E-state index contributed by atoms with van der Waals surface area (Å²) in [6.07, 6.45) is 4.61. The summed E-state index contributed by atoms with van der Waals surface area (Å²) in [5.74, 6) is -0.243.